The Balaban J connectivity index is 2.08. The van der Waals surface area contributed by atoms with Gasteiger partial charge in [0.15, 0.2) is 0 Å². The molecule has 4 N–H and O–H groups in total. The Hall–Kier alpha value is -3.94. The highest BCUT2D eigenvalue weighted by Gasteiger charge is 2.23. The van der Waals surface area contributed by atoms with E-state index in [1.165, 1.54) is 42.3 Å². The van der Waals surface area contributed by atoms with E-state index in [1.54, 1.807) is 30.3 Å². The molecule has 2 aromatic heterocycles. The van der Waals surface area contributed by atoms with Crippen LogP contribution in [0.3, 0.4) is 0 Å². The molecule has 10 nitrogen and oxygen atoms in total. The topological polar surface area (TPSA) is 133 Å². The Labute approximate surface area is 217 Å². The van der Waals surface area contributed by atoms with Crippen molar-refractivity contribution in [3.05, 3.63) is 88.6 Å². The van der Waals surface area contributed by atoms with Crippen LogP contribution in [0.15, 0.2) is 56.8 Å². The number of anilines is 3. The molecule has 0 radical (unpaired) electrons. The maximum Gasteiger partial charge on any atom is 0.335 e. The average Bonchev–Trinajstić information content (AvgIpc) is 2.84. The van der Waals surface area contributed by atoms with Gasteiger partial charge in [0.2, 0.25) is 5.91 Å². The first kappa shape index (κ1) is 25.2. The summed E-state index contributed by atoms with van der Waals surface area (Å²) in [6.07, 6.45) is 0. The smallest absolute Gasteiger partial charge is 0.335 e. The highest BCUT2D eigenvalue weighted by atomic mass is 127. The van der Waals surface area contributed by atoms with Gasteiger partial charge in [-0.3, -0.25) is 28.1 Å². The van der Waals surface area contributed by atoms with Gasteiger partial charge in [-0.2, -0.15) is 0 Å². The van der Waals surface area contributed by atoms with Crippen molar-refractivity contribution in [1.82, 2.24) is 13.7 Å². The summed E-state index contributed by atoms with van der Waals surface area (Å²) in [6.45, 7) is 1.39. The third-order valence-electron chi connectivity index (χ3n) is 5.77. The minimum atomic E-state index is -0.678. The lowest BCUT2D eigenvalue weighted by atomic mass is 10.1. The second-order valence-electron chi connectivity index (χ2n) is 8.16. The van der Waals surface area contributed by atoms with Crippen LogP contribution in [0.4, 0.5) is 21.6 Å². The zero-order valence-electron chi connectivity index (χ0n) is 19.6. The van der Waals surface area contributed by atoms with Crippen molar-refractivity contribution in [2.75, 3.05) is 17.2 Å². The number of pyridine rings is 1. The first-order valence-corrected chi connectivity index (χ1v) is 11.8. The molecule has 0 saturated carbocycles. The number of hydrogen-bond acceptors (Lipinski definition) is 6. The normalized spacial score (nSPS) is 11.0. The first-order valence-electron chi connectivity index (χ1n) is 10.7. The molecule has 2 aromatic carbocycles. The number of nitrogens with one attached hydrogen (secondary N) is 2. The number of primary amides is 1. The van der Waals surface area contributed by atoms with Gasteiger partial charge in [-0.05, 0) is 65.9 Å². The predicted octanol–water partition coefficient (Wildman–Crippen LogP) is 2.08. The van der Waals surface area contributed by atoms with Gasteiger partial charge in [-0.15, -0.1) is 0 Å². The van der Waals surface area contributed by atoms with Gasteiger partial charge in [-0.1, -0.05) is 6.07 Å². The van der Waals surface area contributed by atoms with E-state index in [4.69, 9.17) is 5.73 Å². The molecular weight excluding hydrogens is 582 g/mol. The largest absolute Gasteiger partial charge is 0.376 e. The fourth-order valence-corrected chi connectivity index (χ4v) is 4.41. The molecule has 0 fully saturated rings. The third-order valence-corrected chi connectivity index (χ3v) is 6.44. The molecule has 0 spiro atoms. The van der Waals surface area contributed by atoms with Crippen LogP contribution in [0.25, 0.3) is 16.6 Å². The molecule has 0 unspecified atom stereocenters. The number of rotatable bonds is 6. The molecule has 2 heterocycles. The maximum atomic E-state index is 14.7. The minimum absolute atomic E-state index is 0.0325. The van der Waals surface area contributed by atoms with Crippen LogP contribution in [0, 0.1) is 16.3 Å². The number of aryl methyl sites for hydroxylation is 1. The molecule has 0 aliphatic carbocycles. The summed E-state index contributed by atoms with van der Waals surface area (Å²) >= 11 is 1.97. The molecule has 36 heavy (non-hydrogen) atoms. The minimum Gasteiger partial charge on any atom is -0.376 e. The number of halogens is 2. The molecule has 0 bridgehead atoms. The SMILES string of the molecule is Cc1c(=O)n(C)c(Nc2ccc(I)cc2F)c2c(=O)n(C)c(=O)n(-c3cccc(NCC(N)=O)c3)c12. The molecule has 0 atom stereocenters. The van der Waals surface area contributed by atoms with Gasteiger partial charge in [0, 0.05) is 28.9 Å². The van der Waals surface area contributed by atoms with E-state index < -0.39 is 28.5 Å². The van der Waals surface area contributed by atoms with Crippen molar-refractivity contribution in [2.24, 2.45) is 19.8 Å². The molecule has 0 aliphatic heterocycles. The Morgan fingerprint density at radius 2 is 1.78 bits per heavy atom. The molecule has 0 aliphatic rings. The summed E-state index contributed by atoms with van der Waals surface area (Å²) < 4.78 is 18.7. The summed E-state index contributed by atoms with van der Waals surface area (Å²) in [5.41, 5.74) is 4.56. The van der Waals surface area contributed by atoms with Crippen molar-refractivity contribution < 1.29 is 9.18 Å². The number of carbonyl (C=O) groups is 1. The number of hydrogen-bond donors (Lipinski definition) is 3. The van der Waals surface area contributed by atoms with Gasteiger partial charge >= 0.3 is 5.69 Å². The van der Waals surface area contributed by atoms with Crippen molar-refractivity contribution in [3.63, 3.8) is 0 Å². The summed E-state index contributed by atoms with van der Waals surface area (Å²) in [5.74, 6) is -1.09. The summed E-state index contributed by atoms with van der Waals surface area (Å²) in [4.78, 5) is 51.1. The lowest BCUT2D eigenvalue weighted by Crippen LogP contribution is -2.40. The lowest BCUT2D eigenvalue weighted by molar-refractivity contribution is -0.116. The van der Waals surface area contributed by atoms with Crippen LogP contribution in [0.1, 0.15) is 5.56 Å². The Bertz CT molecular complexity index is 1720. The third kappa shape index (κ3) is 4.39. The highest BCUT2D eigenvalue weighted by Crippen LogP contribution is 2.27. The summed E-state index contributed by atoms with van der Waals surface area (Å²) in [6, 6.07) is 11.1. The fourth-order valence-electron chi connectivity index (χ4n) is 3.95. The number of nitrogens with zero attached hydrogens (tertiary/aromatic N) is 3. The number of nitrogens with two attached hydrogens (primary N) is 1. The summed E-state index contributed by atoms with van der Waals surface area (Å²) in [7, 11) is 2.79. The number of fused-ring (bicyclic) bond motifs is 1. The number of aromatic nitrogens is 3. The van der Waals surface area contributed by atoms with E-state index in [-0.39, 0.29) is 34.5 Å². The van der Waals surface area contributed by atoms with E-state index in [1.807, 2.05) is 22.6 Å². The Kier molecular flexibility index (Phi) is 6.71. The maximum absolute atomic E-state index is 14.7. The molecule has 12 heteroatoms. The van der Waals surface area contributed by atoms with Crippen LogP contribution in [-0.4, -0.2) is 26.2 Å². The van der Waals surface area contributed by atoms with Crippen molar-refractivity contribution in [2.45, 2.75) is 6.92 Å². The molecule has 186 valence electrons. The number of carbonyl (C=O) groups excluding carboxylic acids is 1. The van der Waals surface area contributed by atoms with Crippen LogP contribution in [0.5, 0.6) is 0 Å². The van der Waals surface area contributed by atoms with Gasteiger partial charge in [0.1, 0.15) is 17.0 Å². The molecule has 4 aromatic rings. The number of amides is 1. The van der Waals surface area contributed by atoms with Crippen LogP contribution in [-0.2, 0) is 18.9 Å². The molecule has 1 amide bonds. The van der Waals surface area contributed by atoms with E-state index in [2.05, 4.69) is 10.6 Å². The zero-order chi connectivity index (χ0) is 26.3. The fraction of sp³-hybridized carbons (Fsp3) is 0.167. The van der Waals surface area contributed by atoms with Gasteiger partial charge in [0.25, 0.3) is 11.1 Å². The van der Waals surface area contributed by atoms with Gasteiger partial charge < -0.3 is 16.4 Å². The molecule has 4 rings (SSSR count). The standard InChI is InChI=1S/C24H22FIN6O4/c1-12-20-19(21(30(2)22(12)34)29-17-8-7-13(26)9-16(17)25)23(35)31(3)24(36)32(20)15-6-4-5-14(10-15)28-11-18(27)33/h4-10,28-29H,11H2,1-3H3,(H2,27,33). The predicted molar refractivity (Wildman–Crippen MR) is 145 cm³/mol. The van der Waals surface area contributed by atoms with Gasteiger partial charge in [0.05, 0.1) is 23.4 Å². The van der Waals surface area contributed by atoms with E-state index in [9.17, 15) is 23.6 Å². The van der Waals surface area contributed by atoms with Crippen molar-refractivity contribution in [1.29, 1.82) is 0 Å². The quantitative estimate of drug-likeness (QED) is 0.289. The zero-order valence-corrected chi connectivity index (χ0v) is 21.7. The van der Waals surface area contributed by atoms with E-state index >= 15 is 0 Å². The molecular formula is C24H22FIN6O4. The van der Waals surface area contributed by atoms with Crippen molar-refractivity contribution in [3.8, 4) is 5.69 Å². The Morgan fingerprint density at radius 3 is 2.44 bits per heavy atom. The second kappa shape index (κ2) is 9.60. The Morgan fingerprint density at radius 1 is 1.06 bits per heavy atom. The van der Waals surface area contributed by atoms with E-state index in [0.29, 0.717) is 14.9 Å². The first-order chi connectivity index (χ1) is 17.0. The van der Waals surface area contributed by atoms with Crippen molar-refractivity contribution >= 4 is 56.6 Å². The summed E-state index contributed by atoms with van der Waals surface area (Å²) in [5, 5.41) is 5.77. The second-order valence-corrected chi connectivity index (χ2v) is 9.41. The highest BCUT2D eigenvalue weighted by molar-refractivity contribution is 14.1. The lowest BCUT2D eigenvalue weighted by Gasteiger charge is -2.20. The van der Waals surface area contributed by atoms with Crippen LogP contribution in [0.2, 0.25) is 0 Å². The van der Waals surface area contributed by atoms with E-state index in [0.717, 1.165) is 4.57 Å². The monoisotopic (exact) mass is 604 g/mol. The van der Waals surface area contributed by atoms with Crippen LogP contribution >= 0.6 is 22.6 Å². The molecule has 0 saturated heterocycles. The number of benzene rings is 2. The van der Waals surface area contributed by atoms with Gasteiger partial charge in [-0.25, -0.2) is 9.18 Å². The average molecular weight is 604 g/mol. The van der Waals surface area contributed by atoms with Crippen LogP contribution < -0.4 is 33.2 Å².